The number of allylic oxidation sites excluding steroid dienone is 8. The van der Waals surface area contributed by atoms with E-state index in [9.17, 15) is 0 Å². The minimum atomic E-state index is 0. The van der Waals surface area contributed by atoms with Crippen molar-refractivity contribution in [1.82, 2.24) is 0 Å². The predicted octanol–water partition coefficient (Wildman–Crippen LogP) is 5.17. The van der Waals surface area contributed by atoms with Crippen LogP contribution in [-0.4, -0.2) is 0 Å². The van der Waals surface area contributed by atoms with Crippen LogP contribution in [0.2, 0.25) is 0 Å². The van der Waals surface area contributed by atoms with Gasteiger partial charge in [0.15, 0.2) is 0 Å². The van der Waals surface area contributed by atoms with Crippen LogP contribution >= 0.6 is 0 Å². The van der Waals surface area contributed by atoms with Crippen molar-refractivity contribution < 1.29 is 24.6 Å². The molecule has 0 N–H and O–H groups in total. The van der Waals surface area contributed by atoms with Gasteiger partial charge in [-0.25, -0.2) is 11.1 Å². The fraction of sp³-hybridized carbons (Fsp3) is 0.500. The third-order valence-corrected chi connectivity index (χ3v) is 3.64. The maximum atomic E-state index is 3.26. The van der Waals surface area contributed by atoms with Crippen LogP contribution in [0.5, 0.6) is 0 Å². The zero-order chi connectivity index (χ0) is 12.3. The van der Waals surface area contributed by atoms with E-state index in [0.29, 0.717) is 0 Å². The van der Waals surface area contributed by atoms with Gasteiger partial charge in [0.2, 0.25) is 0 Å². The smallest absolute Gasteiger partial charge is 1.00 e. The fourth-order valence-corrected chi connectivity index (χ4v) is 1.70. The summed E-state index contributed by atoms with van der Waals surface area (Å²) in [7, 11) is 0. The van der Waals surface area contributed by atoms with Crippen molar-refractivity contribution >= 4 is 0 Å². The normalized spacial score (nSPS) is 18.5. The van der Waals surface area contributed by atoms with E-state index in [0.717, 1.165) is 12.8 Å². The monoisotopic (exact) mass is 264 g/mol. The van der Waals surface area contributed by atoms with Crippen LogP contribution in [0.4, 0.5) is 0 Å². The number of hydrogen-bond acceptors (Lipinski definition) is 0. The molecule has 17 heavy (non-hydrogen) atoms. The Morgan fingerprint density at radius 1 is 0.706 bits per heavy atom. The summed E-state index contributed by atoms with van der Waals surface area (Å²) in [6.45, 7) is 12.9. The minimum absolute atomic E-state index is 0. The number of hydrogen-bond donors (Lipinski definition) is 0. The molecule has 0 aromatic carbocycles. The van der Waals surface area contributed by atoms with E-state index < -0.39 is 0 Å². The van der Waals surface area contributed by atoms with Gasteiger partial charge in [0, 0.05) is 0 Å². The van der Waals surface area contributed by atoms with E-state index in [2.05, 4.69) is 53.7 Å². The summed E-state index contributed by atoms with van der Waals surface area (Å²) in [5.41, 5.74) is 8.49. The van der Waals surface area contributed by atoms with Gasteiger partial charge in [-0.15, -0.1) is 26.7 Å². The van der Waals surface area contributed by atoms with E-state index in [-0.39, 0.29) is 24.6 Å². The molecule has 0 aromatic rings. The molecule has 0 bridgehead atoms. The molecule has 0 amide bonds. The largest absolute Gasteiger partial charge is 4.00 e. The van der Waals surface area contributed by atoms with Gasteiger partial charge in [-0.1, -0.05) is 27.7 Å². The molecule has 0 radical (unpaired) electrons. The molecule has 0 nitrogen and oxygen atoms in total. The van der Waals surface area contributed by atoms with E-state index in [4.69, 9.17) is 0 Å². The van der Waals surface area contributed by atoms with Crippen LogP contribution in [0.3, 0.4) is 0 Å². The van der Waals surface area contributed by atoms with Crippen molar-refractivity contribution in [2.24, 2.45) is 0 Å². The van der Waals surface area contributed by atoms with Gasteiger partial charge >= 0.3 is 21.7 Å². The summed E-state index contributed by atoms with van der Waals surface area (Å²) in [4.78, 5) is 0. The van der Waals surface area contributed by atoms with Gasteiger partial charge in [-0.05, 0) is 0 Å². The predicted molar refractivity (Wildman–Crippen MR) is 73.1 cm³/mol. The molecule has 0 spiro atoms. The summed E-state index contributed by atoms with van der Waals surface area (Å²) in [5, 5.41) is 0. The Bertz CT molecular complexity index is 361. The summed E-state index contributed by atoms with van der Waals surface area (Å²) in [6.07, 6.45) is 8.63. The Morgan fingerprint density at radius 2 is 1.00 bits per heavy atom. The molecule has 2 aliphatic rings. The molecular formula is C16H24Ti. The van der Waals surface area contributed by atoms with Gasteiger partial charge in [-0.3, -0.25) is 12.2 Å². The van der Waals surface area contributed by atoms with E-state index in [1.54, 1.807) is 0 Å². The van der Waals surface area contributed by atoms with Crippen LogP contribution in [-0.2, 0) is 21.7 Å². The molecule has 0 atom stereocenters. The SMILES string of the molecule is CC1=[C-]CC(C)=C1C.CC1=[C-]CC(C)=C1C.[H-].[H-].[Ti+4]. The van der Waals surface area contributed by atoms with E-state index >= 15 is 0 Å². The summed E-state index contributed by atoms with van der Waals surface area (Å²) in [6, 6.07) is 0. The molecule has 0 aromatic heterocycles. The van der Waals surface area contributed by atoms with Crippen molar-refractivity contribution in [3.05, 3.63) is 45.6 Å². The van der Waals surface area contributed by atoms with E-state index in [1.165, 1.54) is 33.4 Å². The van der Waals surface area contributed by atoms with Crippen molar-refractivity contribution in [3.8, 4) is 0 Å². The molecular weight excluding hydrogens is 240 g/mol. The minimum Gasteiger partial charge on any atom is -1.00 e. The van der Waals surface area contributed by atoms with Crippen LogP contribution < -0.4 is 0 Å². The van der Waals surface area contributed by atoms with Crippen LogP contribution in [0.25, 0.3) is 0 Å². The molecule has 0 saturated carbocycles. The quantitative estimate of drug-likeness (QED) is 0.418. The second-order valence-electron chi connectivity index (χ2n) is 4.77. The van der Waals surface area contributed by atoms with Gasteiger partial charge in [0.1, 0.15) is 0 Å². The maximum absolute atomic E-state index is 3.26. The fourth-order valence-electron chi connectivity index (χ4n) is 1.70. The summed E-state index contributed by atoms with van der Waals surface area (Å²) < 4.78 is 0. The first kappa shape index (κ1) is 16.7. The van der Waals surface area contributed by atoms with Crippen molar-refractivity contribution in [1.29, 1.82) is 0 Å². The molecule has 0 saturated heterocycles. The van der Waals surface area contributed by atoms with Gasteiger partial charge in [0.25, 0.3) is 0 Å². The molecule has 92 valence electrons. The summed E-state index contributed by atoms with van der Waals surface area (Å²) in [5.74, 6) is 0. The van der Waals surface area contributed by atoms with Crippen molar-refractivity contribution in [2.45, 2.75) is 54.4 Å². The van der Waals surface area contributed by atoms with Gasteiger partial charge < -0.3 is 2.85 Å². The van der Waals surface area contributed by atoms with Crippen LogP contribution in [0.15, 0.2) is 33.4 Å². The Morgan fingerprint density at radius 3 is 1.06 bits per heavy atom. The van der Waals surface area contributed by atoms with Gasteiger partial charge in [-0.2, -0.15) is 22.3 Å². The summed E-state index contributed by atoms with van der Waals surface area (Å²) >= 11 is 0. The third kappa shape index (κ3) is 4.45. The average Bonchev–Trinajstić information content (AvgIpc) is 2.70. The van der Waals surface area contributed by atoms with Crippen LogP contribution in [0.1, 0.15) is 57.2 Å². The molecule has 1 heteroatoms. The Labute approximate surface area is 124 Å². The van der Waals surface area contributed by atoms with E-state index in [1.807, 2.05) is 0 Å². The zero-order valence-electron chi connectivity index (χ0n) is 13.9. The molecule has 2 aliphatic carbocycles. The molecule has 2 rings (SSSR count). The second-order valence-corrected chi connectivity index (χ2v) is 4.77. The topological polar surface area (TPSA) is 0 Å². The number of rotatable bonds is 0. The average molecular weight is 264 g/mol. The zero-order valence-corrected chi connectivity index (χ0v) is 13.5. The van der Waals surface area contributed by atoms with Crippen molar-refractivity contribution in [2.75, 3.05) is 0 Å². The Balaban J connectivity index is -0.000000233. The van der Waals surface area contributed by atoms with Gasteiger partial charge in [0.05, 0.1) is 0 Å². The first-order valence-corrected chi connectivity index (χ1v) is 5.91. The van der Waals surface area contributed by atoms with Crippen LogP contribution in [0, 0.1) is 12.2 Å². The molecule has 0 fully saturated rings. The molecule has 0 heterocycles. The molecule has 0 aliphatic heterocycles. The first-order valence-electron chi connectivity index (χ1n) is 5.91. The maximum Gasteiger partial charge on any atom is 4.00 e. The standard InChI is InChI=1S/2C8H11.Ti.2H/c2*1-6-4-5-7(2)8(6)3;;;/h2*4H2,1-3H3;;;/q2*-1;+4;2*-1. The molecule has 0 unspecified atom stereocenters. The third-order valence-electron chi connectivity index (χ3n) is 3.64. The Kier molecular flexibility index (Phi) is 7.05. The van der Waals surface area contributed by atoms with Crippen molar-refractivity contribution in [3.63, 3.8) is 0 Å². The first-order chi connectivity index (χ1) is 7.43. The second kappa shape index (κ2) is 7.18. The Hall–Kier alpha value is -0.326.